The van der Waals surface area contributed by atoms with E-state index < -0.39 is 41.6 Å². The highest BCUT2D eigenvalue weighted by atomic mass is 16.6. The number of nitrogens with zero attached hydrogens (tertiary/aromatic N) is 1. The first-order chi connectivity index (χ1) is 15.8. The first-order valence-corrected chi connectivity index (χ1v) is 11.6. The molecule has 0 aliphatic carbocycles. The Kier molecular flexibility index (Phi) is 11.0. The van der Waals surface area contributed by atoms with Crippen molar-refractivity contribution in [2.75, 3.05) is 13.2 Å². The van der Waals surface area contributed by atoms with Crippen LogP contribution in [0.5, 0.6) is 0 Å². The molecule has 34 heavy (non-hydrogen) atoms. The number of carbonyl (C=O) groups excluding carboxylic acids is 4. The Morgan fingerprint density at radius 3 is 2.26 bits per heavy atom. The molecule has 9 heteroatoms. The number of carbonyl (C=O) groups is 4. The number of hydrogen-bond donors (Lipinski definition) is 2. The van der Waals surface area contributed by atoms with Crippen LogP contribution < -0.4 is 10.6 Å². The summed E-state index contributed by atoms with van der Waals surface area (Å²) in [6, 6.07) is 5.06. The van der Waals surface area contributed by atoms with Crippen LogP contribution in [-0.2, 0) is 23.9 Å². The molecule has 0 heterocycles. The van der Waals surface area contributed by atoms with Crippen LogP contribution in [-0.4, -0.2) is 59.6 Å². The van der Waals surface area contributed by atoms with Gasteiger partial charge in [0.1, 0.15) is 17.7 Å². The van der Waals surface area contributed by atoms with Gasteiger partial charge in [-0.25, -0.2) is 4.79 Å². The molecule has 0 aliphatic rings. The van der Waals surface area contributed by atoms with Crippen molar-refractivity contribution in [3.05, 3.63) is 35.4 Å². The summed E-state index contributed by atoms with van der Waals surface area (Å²) in [6.45, 7) is 14.3. The molecule has 0 spiro atoms. The number of hydrogen-bond acceptors (Lipinski definition) is 6. The SMILES string of the molecule is CCOC(=O)CCNC(=O)C(c1cccc(C)c1)N(C(=O)C(C)NC(=O)OC(C)(C)C)C(C)C. The van der Waals surface area contributed by atoms with E-state index in [0.717, 1.165) is 5.56 Å². The molecule has 0 bridgehead atoms. The van der Waals surface area contributed by atoms with E-state index in [1.807, 2.05) is 25.1 Å². The van der Waals surface area contributed by atoms with Crippen molar-refractivity contribution < 1.29 is 28.7 Å². The zero-order valence-corrected chi connectivity index (χ0v) is 21.6. The predicted molar refractivity (Wildman–Crippen MR) is 129 cm³/mol. The van der Waals surface area contributed by atoms with Gasteiger partial charge in [0.2, 0.25) is 11.8 Å². The van der Waals surface area contributed by atoms with Crippen LogP contribution in [0.3, 0.4) is 0 Å². The van der Waals surface area contributed by atoms with Crippen molar-refractivity contribution in [2.24, 2.45) is 0 Å². The van der Waals surface area contributed by atoms with Crippen LogP contribution in [0.2, 0.25) is 0 Å². The second-order valence-electron chi connectivity index (χ2n) is 9.37. The molecule has 0 saturated carbocycles. The minimum Gasteiger partial charge on any atom is -0.466 e. The maximum Gasteiger partial charge on any atom is 0.408 e. The fraction of sp³-hybridized carbons (Fsp3) is 0.600. The summed E-state index contributed by atoms with van der Waals surface area (Å²) >= 11 is 0. The molecule has 0 aliphatic heterocycles. The highest BCUT2D eigenvalue weighted by Crippen LogP contribution is 2.25. The number of aryl methyl sites for hydroxylation is 1. The number of nitrogens with one attached hydrogen (secondary N) is 2. The van der Waals surface area contributed by atoms with E-state index in [0.29, 0.717) is 5.56 Å². The molecule has 2 N–H and O–H groups in total. The zero-order chi connectivity index (χ0) is 26.1. The fourth-order valence-corrected chi connectivity index (χ4v) is 3.35. The minimum absolute atomic E-state index is 0.0202. The summed E-state index contributed by atoms with van der Waals surface area (Å²) in [5, 5.41) is 5.30. The predicted octanol–water partition coefficient (Wildman–Crippen LogP) is 3.26. The average molecular weight is 478 g/mol. The van der Waals surface area contributed by atoms with E-state index >= 15 is 0 Å². The summed E-state index contributed by atoms with van der Waals surface area (Å²) in [5.41, 5.74) is 0.839. The molecule has 1 rings (SSSR count). The number of ether oxygens (including phenoxy) is 2. The van der Waals surface area contributed by atoms with E-state index in [2.05, 4.69) is 10.6 Å². The Hall–Kier alpha value is -3.10. The minimum atomic E-state index is -0.961. The van der Waals surface area contributed by atoms with Crippen molar-refractivity contribution in [1.82, 2.24) is 15.5 Å². The van der Waals surface area contributed by atoms with Crippen LogP contribution >= 0.6 is 0 Å². The highest BCUT2D eigenvalue weighted by molar-refractivity contribution is 5.92. The third kappa shape index (κ3) is 9.41. The molecule has 0 fully saturated rings. The molecule has 190 valence electrons. The Balaban J connectivity index is 3.18. The average Bonchev–Trinajstić information content (AvgIpc) is 2.69. The fourth-order valence-electron chi connectivity index (χ4n) is 3.35. The molecule has 0 saturated heterocycles. The molecule has 2 atom stereocenters. The molecule has 0 radical (unpaired) electrons. The van der Waals surface area contributed by atoms with Crippen LogP contribution in [0, 0.1) is 6.92 Å². The summed E-state index contributed by atoms with van der Waals surface area (Å²) in [4.78, 5) is 52.1. The maximum absolute atomic E-state index is 13.5. The number of rotatable bonds is 10. The largest absolute Gasteiger partial charge is 0.466 e. The van der Waals surface area contributed by atoms with Crippen molar-refractivity contribution in [1.29, 1.82) is 0 Å². The number of esters is 1. The van der Waals surface area contributed by atoms with Gasteiger partial charge < -0.3 is 25.0 Å². The van der Waals surface area contributed by atoms with Crippen molar-refractivity contribution in [3.8, 4) is 0 Å². The van der Waals surface area contributed by atoms with Gasteiger partial charge in [-0.2, -0.15) is 0 Å². The maximum atomic E-state index is 13.5. The van der Waals surface area contributed by atoms with Crippen LogP contribution in [0.25, 0.3) is 0 Å². The lowest BCUT2D eigenvalue weighted by Gasteiger charge is -2.36. The van der Waals surface area contributed by atoms with E-state index in [9.17, 15) is 19.2 Å². The molecule has 2 unspecified atom stereocenters. The highest BCUT2D eigenvalue weighted by Gasteiger charge is 2.36. The second-order valence-corrected chi connectivity index (χ2v) is 9.37. The summed E-state index contributed by atoms with van der Waals surface area (Å²) in [7, 11) is 0. The zero-order valence-electron chi connectivity index (χ0n) is 21.6. The van der Waals surface area contributed by atoms with Crippen molar-refractivity contribution in [2.45, 2.75) is 85.5 Å². The van der Waals surface area contributed by atoms with Gasteiger partial charge in [0.25, 0.3) is 0 Å². The van der Waals surface area contributed by atoms with Gasteiger partial charge in [0.15, 0.2) is 0 Å². The summed E-state index contributed by atoms with van der Waals surface area (Å²) in [6.07, 6.45) is -0.699. The molecule has 1 aromatic rings. The first kappa shape index (κ1) is 28.9. The molecule has 3 amide bonds. The monoisotopic (exact) mass is 477 g/mol. The molecular formula is C25H39N3O6. The van der Waals surface area contributed by atoms with E-state index in [1.165, 1.54) is 4.90 Å². The van der Waals surface area contributed by atoms with Gasteiger partial charge in [-0.3, -0.25) is 14.4 Å². The summed E-state index contributed by atoms with van der Waals surface area (Å²) in [5.74, 6) is -1.28. The Bertz CT molecular complexity index is 862. The quantitative estimate of drug-likeness (QED) is 0.500. The first-order valence-electron chi connectivity index (χ1n) is 11.6. The number of alkyl carbamates (subject to hydrolysis) is 1. The number of benzene rings is 1. The van der Waals surface area contributed by atoms with Crippen LogP contribution in [0.15, 0.2) is 24.3 Å². The lowest BCUT2D eigenvalue weighted by atomic mass is 9.99. The van der Waals surface area contributed by atoms with E-state index in [-0.39, 0.29) is 25.6 Å². The van der Waals surface area contributed by atoms with Crippen molar-refractivity contribution >= 4 is 23.9 Å². The second kappa shape index (κ2) is 13.0. The lowest BCUT2D eigenvalue weighted by Crippen LogP contribution is -2.54. The number of amides is 3. The standard InChI is InChI=1S/C25H39N3O6/c1-9-33-20(29)13-14-26-22(30)21(19-12-10-11-17(4)15-19)28(16(2)3)23(31)18(5)27-24(32)34-25(6,7)8/h10-12,15-16,18,21H,9,13-14H2,1-8H3,(H,26,30)(H,27,32). The third-order valence-electron chi connectivity index (χ3n) is 4.73. The van der Waals surface area contributed by atoms with Gasteiger partial charge in [-0.05, 0) is 61.0 Å². The van der Waals surface area contributed by atoms with Gasteiger partial charge in [0, 0.05) is 12.6 Å². The van der Waals surface area contributed by atoms with Gasteiger partial charge in [-0.1, -0.05) is 29.8 Å². The van der Waals surface area contributed by atoms with E-state index in [4.69, 9.17) is 9.47 Å². The molecule has 1 aromatic carbocycles. The smallest absolute Gasteiger partial charge is 0.408 e. The van der Waals surface area contributed by atoms with E-state index in [1.54, 1.807) is 54.5 Å². The Morgan fingerprint density at radius 1 is 1.09 bits per heavy atom. The van der Waals surface area contributed by atoms with Crippen molar-refractivity contribution in [3.63, 3.8) is 0 Å². The molecule has 0 aromatic heterocycles. The topological polar surface area (TPSA) is 114 Å². The van der Waals surface area contributed by atoms with Gasteiger partial charge in [0.05, 0.1) is 13.0 Å². The van der Waals surface area contributed by atoms with Gasteiger partial charge in [-0.15, -0.1) is 0 Å². The third-order valence-corrected chi connectivity index (χ3v) is 4.73. The summed E-state index contributed by atoms with van der Waals surface area (Å²) < 4.78 is 10.2. The molecule has 9 nitrogen and oxygen atoms in total. The Labute approximate surface area is 202 Å². The van der Waals surface area contributed by atoms with Crippen LogP contribution in [0.4, 0.5) is 4.79 Å². The Morgan fingerprint density at radius 2 is 1.74 bits per heavy atom. The van der Waals surface area contributed by atoms with Crippen LogP contribution in [0.1, 0.15) is 72.1 Å². The lowest BCUT2D eigenvalue weighted by molar-refractivity contribution is -0.145. The normalized spacial score (nSPS) is 13.0. The van der Waals surface area contributed by atoms with Gasteiger partial charge >= 0.3 is 12.1 Å². The molecular weight excluding hydrogens is 438 g/mol.